The monoisotopic (exact) mass is 444 g/mol. The molecule has 0 saturated carbocycles. The average molecular weight is 445 g/mol. The van der Waals surface area contributed by atoms with Crippen LogP contribution in [0, 0.1) is 6.92 Å². The van der Waals surface area contributed by atoms with Crippen LogP contribution in [-0.2, 0) is 11.2 Å². The quantitative estimate of drug-likeness (QED) is 0.586. The molecule has 1 fully saturated rings. The number of rotatable bonds is 7. The molecular weight excluding hydrogens is 416 g/mol. The first-order valence-corrected chi connectivity index (χ1v) is 11.2. The first-order chi connectivity index (χ1) is 16.0. The zero-order valence-corrected chi connectivity index (χ0v) is 19.0. The fourth-order valence-electron chi connectivity index (χ4n) is 4.11. The summed E-state index contributed by atoms with van der Waals surface area (Å²) in [4.78, 5) is 36.6. The van der Waals surface area contributed by atoms with Crippen LogP contribution in [-0.4, -0.2) is 40.3 Å². The van der Waals surface area contributed by atoms with Crippen molar-refractivity contribution < 1.29 is 14.3 Å². The number of anilines is 1. The molecular formula is C26H28N4O3. The summed E-state index contributed by atoms with van der Waals surface area (Å²) in [5, 5.41) is 2.86. The molecule has 7 nitrogen and oxygen atoms in total. The number of methoxy groups -OCH3 is 1. The Morgan fingerprint density at radius 3 is 2.58 bits per heavy atom. The Labute approximate surface area is 193 Å². The summed E-state index contributed by atoms with van der Waals surface area (Å²) in [6.07, 6.45) is 4.40. The molecule has 2 heterocycles. The highest BCUT2D eigenvalue weighted by Gasteiger charge is 2.32. The van der Waals surface area contributed by atoms with Gasteiger partial charge in [0, 0.05) is 24.8 Å². The molecule has 7 heteroatoms. The number of carbonyl (C=O) groups excluding carboxylic acids is 2. The van der Waals surface area contributed by atoms with Gasteiger partial charge < -0.3 is 15.0 Å². The van der Waals surface area contributed by atoms with Gasteiger partial charge in [-0.05, 0) is 56.0 Å². The van der Waals surface area contributed by atoms with Gasteiger partial charge in [0.1, 0.15) is 5.75 Å². The van der Waals surface area contributed by atoms with E-state index in [2.05, 4.69) is 15.3 Å². The van der Waals surface area contributed by atoms with Gasteiger partial charge in [0.15, 0.2) is 5.82 Å². The largest absolute Gasteiger partial charge is 0.497 e. The maximum Gasteiger partial charge on any atom is 0.259 e. The van der Waals surface area contributed by atoms with Gasteiger partial charge in [-0.25, -0.2) is 9.97 Å². The molecule has 3 aromatic rings. The Bertz CT molecular complexity index is 1120. The normalized spacial score (nSPS) is 15.3. The highest BCUT2D eigenvalue weighted by molar-refractivity contribution is 6.04. The van der Waals surface area contributed by atoms with Crippen LogP contribution in [0.5, 0.6) is 5.75 Å². The second-order valence-corrected chi connectivity index (χ2v) is 8.14. The number of benzene rings is 2. The van der Waals surface area contributed by atoms with Crippen molar-refractivity contribution in [2.75, 3.05) is 19.0 Å². The van der Waals surface area contributed by atoms with E-state index < -0.39 is 0 Å². The van der Waals surface area contributed by atoms with Crippen molar-refractivity contribution in [3.05, 3.63) is 83.4 Å². The number of aromatic nitrogens is 2. The number of aryl methyl sites for hydroxylation is 2. The number of nitrogens with one attached hydrogen (secondary N) is 1. The van der Waals surface area contributed by atoms with Crippen molar-refractivity contribution >= 4 is 17.5 Å². The van der Waals surface area contributed by atoms with E-state index in [0.29, 0.717) is 36.5 Å². The molecule has 0 aliphatic carbocycles. The van der Waals surface area contributed by atoms with Crippen molar-refractivity contribution in [3.63, 3.8) is 0 Å². The topological polar surface area (TPSA) is 84.4 Å². The van der Waals surface area contributed by atoms with E-state index in [1.807, 2.05) is 59.5 Å². The molecule has 170 valence electrons. The number of nitrogens with zero attached hydrogens (tertiary/aromatic N) is 3. The summed E-state index contributed by atoms with van der Waals surface area (Å²) >= 11 is 0. The minimum atomic E-state index is -0.246. The van der Waals surface area contributed by atoms with Crippen LogP contribution in [0.15, 0.2) is 60.8 Å². The highest BCUT2D eigenvalue weighted by atomic mass is 16.5. The lowest BCUT2D eigenvalue weighted by atomic mass is 10.1. The Hall–Kier alpha value is -3.74. The van der Waals surface area contributed by atoms with Crippen LogP contribution in [0.4, 0.5) is 5.69 Å². The fourth-order valence-corrected chi connectivity index (χ4v) is 4.11. The number of carbonyl (C=O) groups is 2. The number of likely N-dealkylation sites (tertiary alicyclic amines) is 1. The van der Waals surface area contributed by atoms with Crippen LogP contribution < -0.4 is 10.1 Å². The molecule has 1 atom stereocenters. The van der Waals surface area contributed by atoms with Crippen molar-refractivity contribution in [1.82, 2.24) is 14.9 Å². The van der Waals surface area contributed by atoms with Gasteiger partial charge in [0.2, 0.25) is 5.91 Å². The van der Waals surface area contributed by atoms with E-state index >= 15 is 0 Å². The molecule has 0 radical (unpaired) electrons. The average Bonchev–Trinajstić information content (AvgIpc) is 3.33. The second kappa shape index (κ2) is 10.3. The lowest BCUT2D eigenvalue weighted by Crippen LogP contribution is -2.32. The van der Waals surface area contributed by atoms with Crippen molar-refractivity contribution in [3.8, 4) is 5.75 Å². The van der Waals surface area contributed by atoms with Crippen LogP contribution in [0.1, 0.15) is 52.7 Å². The van der Waals surface area contributed by atoms with Crippen molar-refractivity contribution in [1.29, 1.82) is 0 Å². The van der Waals surface area contributed by atoms with Gasteiger partial charge in [-0.2, -0.15) is 0 Å². The third-order valence-corrected chi connectivity index (χ3v) is 5.93. The zero-order chi connectivity index (χ0) is 23.2. The standard InChI is InChI=1S/C26H28N4O3/c1-18-22(26(32)29-20-7-4-3-5-8-20)17-27-25(28-18)23-9-6-16-30(23)24(31)15-12-19-10-13-21(33-2)14-11-19/h3-5,7-8,10-11,13-14,17,23H,6,9,12,15-16H2,1-2H3,(H,29,32). The fraction of sp³-hybridized carbons (Fsp3) is 0.308. The minimum absolute atomic E-state index is 0.0977. The smallest absolute Gasteiger partial charge is 0.259 e. The SMILES string of the molecule is COc1ccc(CCC(=O)N2CCCC2c2ncc(C(=O)Nc3ccccc3)c(C)n2)cc1. The van der Waals surface area contributed by atoms with E-state index in [1.165, 1.54) is 0 Å². The van der Waals surface area contributed by atoms with Crippen LogP contribution >= 0.6 is 0 Å². The molecule has 0 spiro atoms. The lowest BCUT2D eigenvalue weighted by molar-refractivity contribution is -0.132. The van der Waals surface area contributed by atoms with E-state index in [1.54, 1.807) is 20.2 Å². The molecule has 1 unspecified atom stereocenters. The number of hydrogen-bond donors (Lipinski definition) is 1. The predicted octanol–water partition coefficient (Wildman–Crippen LogP) is 4.34. The molecule has 1 saturated heterocycles. The van der Waals surface area contributed by atoms with E-state index in [9.17, 15) is 9.59 Å². The molecule has 2 amide bonds. The van der Waals surface area contributed by atoms with Crippen LogP contribution in [0.25, 0.3) is 0 Å². The zero-order valence-electron chi connectivity index (χ0n) is 19.0. The summed E-state index contributed by atoms with van der Waals surface area (Å²) in [5.74, 6) is 1.25. The van der Waals surface area contributed by atoms with E-state index in [4.69, 9.17) is 4.74 Å². The maximum atomic E-state index is 13.0. The Morgan fingerprint density at radius 2 is 1.88 bits per heavy atom. The van der Waals surface area contributed by atoms with Gasteiger partial charge in [0.25, 0.3) is 5.91 Å². The van der Waals surface area contributed by atoms with Gasteiger partial charge in [-0.1, -0.05) is 30.3 Å². The molecule has 1 aliphatic rings. The Kier molecular flexibility index (Phi) is 6.98. The number of hydrogen-bond acceptors (Lipinski definition) is 5. The van der Waals surface area contributed by atoms with Crippen molar-refractivity contribution in [2.24, 2.45) is 0 Å². The maximum absolute atomic E-state index is 13.0. The summed E-state index contributed by atoms with van der Waals surface area (Å²) in [6.45, 7) is 2.50. The summed E-state index contributed by atoms with van der Waals surface area (Å²) in [5.41, 5.74) is 2.85. The Balaban J connectivity index is 1.41. The van der Waals surface area contributed by atoms with Gasteiger partial charge in [0.05, 0.1) is 24.4 Å². The summed E-state index contributed by atoms with van der Waals surface area (Å²) in [7, 11) is 1.64. The van der Waals surface area contributed by atoms with E-state index in [0.717, 1.165) is 29.8 Å². The molecule has 1 N–H and O–H groups in total. The number of ether oxygens (including phenoxy) is 1. The molecule has 2 aromatic carbocycles. The molecule has 1 aliphatic heterocycles. The number of amides is 2. The number of para-hydroxylation sites is 1. The third-order valence-electron chi connectivity index (χ3n) is 5.93. The molecule has 4 rings (SSSR count). The van der Waals surface area contributed by atoms with Crippen molar-refractivity contribution in [2.45, 2.75) is 38.6 Å². The predicted molar refractivity (Wildman–Crippen MR) is 126 cm³/mol. The van der Waals surface area contributed by atoms with Gasteiger partial charge >= 0.3 is 0 Å². The lowest BCUT2D eigenvalue weighted by Gasteiger charge is -2.24. The highest BCUT2D eigenvalue weighted by Crippen LogP contribution is 2.31. The summed E-state index contributed by atoms with van der Waals surface area (Å²) < 4.78 is 5.19. The second-order valence-electron chi connectivity index (χ2n) is 8.14. The van der Waals surface area contributed by atoms with E-state index in [-0.39, 0.29) is 17.9 Å². The van der Waals surface area contributed by atoms with Gasteiger partial charge in [-0.15, -0.1) is 0 Å². The molecule has 0 bridgehead atoms. The van der Waals surface area contributed by atoms with Gasteiger partial charge in [-0.3, -0.25) is 9.59 Å². The first-order valence-electron chi connectivity index (χ1n) is 11.2. The molecule has 1 aromatic heterocycles. The van der Waals surface area contributed by atoms with Crippen LogP contribution in [0.3, 0.4) is 0 Å². The molecule has 33 heavy (non-hydrogen) atoms. The minimum Gasteiger partial charge on any atom is -0.497 e. The Morgan fingerprint density at radius 1 is 1.12 bits per heavy atom. The first kappa shape index (κ1) is 22.5. The summed E-state index contributed by atoms with van der Waals surface area (Å²) in [6, 6.07) is 16.9. The third kappa shape index (κ3) is 5.37. The van der Waals surface area contributed by atoms with Crippen LogP contribution in [0.2, 0.25) is 0 Å².